The van der Waals surface area contributed by atoms with Crippen molar-refractivity contribution in [3.05, 3.63) is 42.3 Å². The minimum atomic E-state index is -0.398. The first-order valence-electron chi connectivity index (χ1n) is 8.47. The molecule has 0 bridgehead atoms. The van der Waals surface area contributed by atoms with E-state index in [1.54, 1.807) is 35.0 Å². The van der Waals surface area contributed by atoms with E-state index in [4.69, 9.17) is 10.5 Å². The molecular formula is C19H23FN4O. The molecule has 0 amide bonds. The molecule has 5 nitrogen and oxygen atoms in total. The van der Waals surface area contributed by atoms with Crippen LogP contribution in [0.4, 0.5) is 10.2 Å². The number of benzene rings is 1. The molecule has 132 valence electrons. The topological polar surface area (TPSA) is 65.4 Å². The molecule has 0 spiro atoms. The zero-order chi connectivity index (χ0) is 18.0. The Kier molecular flexibility index (Phi) is 4.88. The maximum Gasteiger partial charge on any atom is 0.165 e. The van der Waals surface area contributed by atoms with E-state index in [1.807, 2.05) is 0 Å². The quantitative estimate of drug-likeness (QED) is 0.730. The van der Waals surface area contributed by atoms with E-state index in [2.05, 4.69) is 30.9 Å². The Bertz CT molecular complexity index is 875. The van der Waals surface area contributed by atoms with E-state index >= 15 is 0 Å². The highest BCUT2D eigenvalue weighted by Gasteiger charge is 2.12. The van der Waals surface area contributed by atoms with Gasteiger partial charge in [0.15, 0.2) is 17.2 Å². The Labute approximate surface area is 146 Å². The van der Waals surface area contributed by atoms with Crippen LogP contribution >= 0.6 is 0 Å². The zero-order valence-electron chi connectivity index (χ0n) is 14.7. The van der Waals surface area contributed by atoms with E-state index in [9.17, 15) is 4.39 Å². The van der Waals surface area contributed by atoms with Crippen molar-refractivity contribution in [3.63, 3.8) is 0 Å². The summed E-state index contributed by atoms with van der Waals surface area (Å²) >= 11 is 0. The number of nitrogen functional groups attached to an aromatic ring is 1. The number of hydrogen-bond acceptors (Lipinski definition) is 4. The molecule has 2 heterocycles. The number of hydrogen-bond donors (Lipinski definition) is 1. The highest BCUT2D eigenvalue weighted by atomic mass is 19.1. The van der Waals surface area contributed by atoms with Crippen LogP contribution in [0, 0.1) is 17.7 Å². The van der Waals surface area contributed by atoms with Crippen molar-refractivity contribution >= 4 is 11.5 Å². The van der Waals surface area contributed by atoms with Crippen LogP contribution in [-0.4, -0.2) is 21.2 Å². The summed E-state index contributed by atoms with van der Waals surface area (Å²) in [6.07, 6.45) is 2.68. The fourth-order valence-corrected chi connectivity index (χ4v) is 3.02. The third-order valence-corrected chi connectivity index (χ3v) is 4.00. The van der Waals surface area contributed by atoms with Gasteiger partial charge in [-0.2, -0.15) is 5.10 Å². The van der Waals surface area contributed by atoms with Gasteiger partial charge in [0, 0.05) is 17.7 Å². The monoisotopic (exact) mass is 342 g/mol. The average Bonchev–Trinajstić information content (AvgIpc) is 3.00. The lowest BCUT2D eigenvalue weighted by Crippen LogP contribution is -2.11. The lowest BCUT2D eigenvalue weighted by Gasteiger charge is -2.16. The molecular weight excluding hydrogens is 319 g/mol. The van der Waals surface area contributed by atoms with Gasteiger partial charge in [0.1, 0.15) is 5.82 Å². The summed E-state index contributed by atoms with van der Waals surface area (Å²) in [6, 6.07) is 8.34. The number of nitrogens with zero attached hydrogens (tertiary/aromatic N) is 3. The number of ether oxygens (including phenoxy) is 1. The first kappa shape index (κ1) is 17.2. The third-order valence-electron chi connectivity index (χ3n) is 4.00. The fraction of sp³-hybridized carbons (Fsp3) is 0.368. The van der Waals surface area contributed by atoms with Gasteiger partial charge in [-0.1, -0.05) is 20.8 Å². The van der Waals surface area contributed by atoms with Crippen LogP contribution < -0.4 is 10.5 Å². The van der Waals surface area contributed by atoms with Gasteiger partial charge >= 0.3 is 0 Å². The zero-order valence-corrected chi connectivity index (χ0v) is 14.7. The van der Waals surface area contributed by atoms with Gasteiger partial charge in [-0.25, -0.2) is 13.9 Å². The summed E-state index contributed by atoms with van der Waals surface area (Å²) in [5, 5.41) is 4.22. The van der Waals surface area contributed by atoms with Gasteiger partial charge in [0.05, 0.1) is 18.5 Å². The Morgan fingerprint density at radius 1 is 1.20 bits per heavy atom. The van der Waals surface area contributed by atoms with Crippen molar-refractivity contribution in [2.75, 3.05) is 12.3 Å². The molecule has 1 atom stereocenters. The van der Waals surface area contributed by atoms with Crippen LogP contribution in [0.25, 0.3) is 16.9 Å². The summed E-state index contributed by atoms with van der Waals surface area (Å²) < 4.78 is 21.8. The van der Waals surface area contributed by atoms with E-state index in [0.717, 1.165) is 6.42 Å². The van der Waals surface area contributed by atoms with E-state index < -0.39 is 5.82 Å². The van der Waals surface area contributed by atoms with Crippen LogP contribution in [0.15, 0.2) is 36.5 Å². The third kappa shape index (κ3) is 3.90. The largest absolute Gasteiger partial charge is 0.490 e. The molecule has 0 aliphatic rings. The molecule has 3 rings (SSSR count). The SMILES string of the molecule is CC(C)CC(C)COc1ccc(-c2cc(N)nc3ccnn23)cc1F. The maximum absolute atomic E-state index is 14.5. The van der Waals surface area contributed by atoms with Gasteiger partial charge in [0.2, 0.25) is 0 Å². The maximum atomic E-state index is 14.5. The van der Waals surface area contributed by atoms with E-state index in [1.165, 1.54) is 6.07 Å². The van der Waals surface area contributed by atoms with Gasteiger partial charge < -0.3 is 10.5 Å². The molecule has 6 heteroatoms. The van der Waals surface area contributed by atoms with Crippen LogP contribution in [0.3, 0.4) is 0 Å². The van der Waals surface area contributed by atoms with Crippen molar-refractivity contribution in [2.24, 2.45) is 11.8 Å². The molecule has 0 saturated heterocycles. The molecule has 0 saturated carbocycles. The smallest absolute Gasteiger partial charge is 0.165 e. The summed E-state index contributed by atoms with van der Waals surface area (Å²) in [5.41, 5.74) is 7.82. The Morgan fingerprint density at radius 3 is 2.72 bits per heavy atom. The number of rotatable bonds is 6. The van der Waals surface area contributed by atoms with Crippen molar-refractivity contribution in [1.82, 2.24) is 14.6 Å². The summed E-state index contributed by atoms with van der Waals surface area (Å²) in [6.45, 7) is 6.95. The lowest BCUT2D eigenvalue weighted by atomic mass is 10.00. The predicted molar refractivity (Wildman–Crippen MR) is 96.9 cm³/mol. The average molecular weight is 342 g/mol. The number of nitrogens with two attached hydrogens (primary N) is 1. The lowest BCUT2D eigenvalue weighted by molar-refractivity contribution is 0.230. The van der Waals surface area contributed by atoms with E-state index in [0.29, 0.717) is 41.2 Å². The van der Waals surface area contributed by atoms with Gasteiger partial charge in [-0.3, -0.25) is 0 Å². The molecule has 2 N–H and O–H groups in total. The van der Waals surface area contributed by atoms with Gasteiger partial charge in [-0.05, 0) is 36.5 Å². The Balaban J connectivity index is 1.83. The standard InChI is InChI=1S/C19H23FN4O/c1-12(2)8-13(3)11-25-17-5-4-14(9-15(17)20)16-10-18(21)23-19-6-7-22-24(16)19/h4-7,9-10,12-13H,8,11H2,1-3H3,(H2,21,23). The minimum Gasteiger partial charge on any atom is -0.490 e. The van der Waals surface area contributed by atoms with Gasteiger partial charge in [-0.15, -0.1) is 0 Å². The summed E-state index contributed by atoms with van der Waals surface area (Å²) in [4.78, 5) is 4.19. The normalized spacial score (nSPS) is 12.7. The van der Waals surface area contributed by atoms with Crippen molar-refractivity contribution in [2.45, 2.75) is 27.2 Å². The highest BCUT2D eigenvalue weighted by molar-refractivity contribution is 5.66. The predicted octanol–water partition coefficient (Wildman–Crippen LogP) is 4.18. The Hall–Kier alpha value is -2.63. The van der Waals surface area contributed by atoms with Gasteiger partial charge in [0.25, 0.3) is 0 Å². The number of halogens is 1. The molecule has 3 aromatic rings. The van der Waals surface area contributed by atoms with Crippen molar-refractivity contribution < 1.29 is 9.13 Å². The first-order valence-corrected chi connectivity index (χ1v) is 8.47. The second kappa shape index (κ2) is 7.09. The second-order valence-electron chi connectivity index (χ2n) is 6.86. The van der Waals surface area contributed by atoms with Crippen molar-refractivity contribution in [3.8, 4) is 17.0 Å². The highest BCUT2D eigenvalue weighted by Crippen LogP contribution is 2.27. The number of anilines is 1. The van der Waals surface area contributed by atoms with Crippen LogP contribution in [0.5, 0.6) is 5.75 Å². The van der Waals surface area contributed by atoms with Crippen LogP contribution in [0.2, 0.25) is 0 Å². The molecule has 1 unspecified atom stereocenters. The molecule has 1 aromatic carbocycles. The molecule has 0 radical (unpaired) electrons. The van der Waals surface area contributed by atoms with Crippen LogP contribution in [-0.2, 0) is 0 Å². The number of aromatic nitrogens is 3. The molecule has 0 aliphatic carbocycles. The van der Waals surface area contributed by atoms with Crippen molar-refractivity contribution in [1.29, 1.82) is 0 Å². The van der Waals surface area contributed by atoms with Crippen LogP contribution in [0.1, 0.15) is 27.2 Å². The van der Waals surface area contributed by atoms with E-state index in [-0.39, 0.29) is 5.75 Å². The molecule has 2 aromatic heterocycles. The molecule has 0 fully saturated rings. The second-order valence-corrected chi connectivity index (χ2v) is 6.86. The summed E-state index contributed by atoms with van der Waals surface area (Å²) in [7, 11) is 0. The molecule has 0 aliphatic heterocycles. The fourth-order valence-electron chi connectivity index (χ4n) is 3.02. The number of fused-ring (bicyclic) bond motifs is 1. The first-order chi connectivity index (χ1) is 11.9. The summed E-state index contributed by atoms with van der Waals surface area (Å²) in [5.74, 6) is 1.21. The molecule has 25 heavy (non-hydrogen) atoms. The Morgan fingerprint density at radius 2 is 2.00 bits per heavy atom. The minimum absolute atomic E-state index is 0.262.